The number of para-hydroxylation sites is 1. The van der Waals surface area contributed by atoms with Gasteiger partial charge in [-0.25, -0.2) is 64.6 Å². The zero-order valence-electron chi connectivity index (χ0n) is 67.6. The van der Waals surface area contributed by atoms with Gasteiger partial charge in [0, 0.05) is 0 Å². The molecule has 5 aliphatic rings. The Balaban J connectivity index is 0.000000195. The Morgan fingerprint density at radius 1 is 0.421 bits per heavy atom. The van der Waals surface area contributed by atoms with E-state index in [9.17, 15) is 30.7 Å². The predicted octanol–water partition coefficient (Wildman–Crippen LogP) is 27.5. The topological polar surface area (TPSA) is 225 Å². The number of nitrogens with zero attached hydrogens (tertiary/aromatic N) is 14. The van der Waals surface area contributed by atoms with Crippen LogP contribution >= 0.6 is 0 Å². The maximum atomic E-state index is 14.0. The molecule has 0 heterocycles. The first-order valence-corrected chi connectivity index (χ1v) is 38.1. The fourth-order valence-corrected chi connectivity index (χ4v) is 15.3. The van der Waals surface area contributed by atoms with Crippen LogP contribution in [0.1, 0.15) is 194 Å². The van der Waals surface area contributed by atoms with E-state index in [-0.39, 0.29) is 106 Å². The molecule has 0 unspecified atom stereocenters. The largest absolute Gasteiger partial charge is 0.508 e. The van der Waals surface area contributed by atoms with Crippen LogP contribution in [0.15, 0.2) is 146 Å². The molecule has 0 atom stereocenters. The van der Waals surface area contributed by atoms with Gasteiger partial charge >= 0.3 is 0 Å². The molecule has 0 aliphatic heterocycles. The second-order valence-electron chi connectivity index (χ2n) is 30.8. The third-order valence-corrected chi connectivity index (χ3v) is 21.0. The highest BCUT2D eigenvalue weighted by Crippen LogP contribution is 2.61. The van der Waals surface area contributed by atoms with Crippen molar-refractivity contribution in [1.82, 2.24) is 0 Å². The second kappa shape index (κ2) is 42.6. The Morgan fingerprint density at radius 3 is 1.26 bits per heavy atom. The molecule has 121 heavy (non-hydrogen) atoms. The van der Waals surface area contributed by atoms with Gasteiger partial charge in [-0.2, -0.15) is 36.8 Å². The van der Waals surface area contributed by atoms with Crippen molar-refractivity contribution in [2.75, 3.05) is 7.11 Å². The molecule has 604 valence electrons. The molecular weight excluding hydrogens is 1540 g/mol. The van der Waals surface area contributed by atoms with Gasteiger partial charge in [0.2, 0.25) is 34.1 Å². The van der Waals surface area contributed by atoms with Gasteiger partial charge in [0.15, 0.2) is 5.82 Å². The fraction of sp³-hybridized carbons (Fsp3) is 0.299. The molecule has 0 radical (unpaired) electrons. The summed E-state index contributed by atoms with van der Waals surface area (Å²) in [5, 5.41) is 61.7. The van der Waals surface area contributed by atoms with Crippen molar-refractivity contribution in [3.8, 4) is 76.6 Å². The molecule has 5 fully saturated rings. The van der Waals surface area contributed by atoms with Crippen LogP contribution in [-0.2, 0) is 16.2 Å². The summed E-state index contributed by atoms with van der Waals surface area (Å²) in [4.78, 5) is 21.8. The average Bonchev–Trinajstić information content (AvgIpc) is 0.727. The number of methoxy groups -OCH3 is 1. The Bertz CT molecular complexity index is 5780. The molecule has 0 saturated heterocycles. The van der Waals surface area contributed by atoms with Crippen molar-refractivity contribution >= 4 is 39.8 Å². The first-order chi connectivity index (χ1) is 57.8. The SMILES string of the molecule is [C-]#[N+]c1c(-c2ccccc2)ccc(C#N)c1F.[C-]#[N+]c1c(OC)ccc(C#N)c1F.[C-]#[N+]c1cc(C(C)(C)CCCC)cc(C#N)c1F.[C-]#[N+]c1cc(C2(C)CCCCC2)cc(C#N)c1F.[C-]#[N+]c1cc(C23CC4CC(CC(C4)C2)C3)cc(C#N)c1F.[C-]#[N+]c1cc(OC(C)(C)C)cc(C#N)c1F.[C-]#[N+]c1cc(Oc2ccccc2)cc(C#N)c1F. The summed E-state index contributed by atoms with van der Waals surface area (Å²) in [7, 11) is 1.34. The van der Waals surface area contributed by atoms with Crippen LogP contribution in [0.25, 0.3) is 45.0 Å². The zero-order chi connectivity index (χ0) is 88.9. The summed E-state index contributed by atoms with van der Waals surface area (Å²) in [5.41, 5.74) is 2.13. The maximum Gasteiger partial charge on any atom is 0.264 e. The normalized spacial score (nSPS) is 15.5. The third kappa shape index (κ3) is 23.3. The number of hydrogen-bond acceptors (Lipinski definition) is 10. The van der Waals surface area contributed by atoms with Crippen molar-refractivity contribution in [1.29, 1.82) is 36.8 Å². The molecule has 4 bridgehead atoms. The monoisotopic (exact) mass is 1620 g/mol. The van der Waals surface area contributed by atoms with Crippen LogP contribution in [0.4, 0.5) is 70.5 Å². The number of rotatable bonds is 11. The summed E-state index contributed by atoms with van der Waals surface area (Å²) in [6, 6.07) is 51.0. The van der Waals surface area contributed by atoms with E-state index in [1.54, 1.807) is 103 Å². The van der Waals surface area contributed by atoms with Crippen molar-refractivity contribution in [2.45, 2.75) is 160 Å². The van der Waals surface area contributed by atoms with E-state index in [1.165, 1.54) is 75.3 Å². The number of benzene rings is 9. The molecule has 0 spiro atoms. The molecule has 9 aromatic carbocycles. The van der Waals surface area contributed by atoms with Gasteiger partial charge in [0.1, 0.15) is 106 Å². The van der Waals surface area contributed by atoms with Gasteiger partial charge in [-0.3, -0.25) is 0 Å². The lowest BCUT2D eigenvalue weighted by Gasteiger charge is -2.57. The van der Waals surface area contributed by atoms with Crippen LogP contribution in [0, 0.1) is 184 Å². The quantitative estimate of drug-likeness (QED) is 0.0879. The first kappa shape index (κ1) is 92.9. The van der Waals surface area contributed by atoms with E-state index < -0.39 is 46.3 Å². The average molecular weight is 1620 g/mol. The highest BCUT2D eigenvalue weighted by atomic mass is 19.2. The third-order valence-electron chi connectivity index (χ3n) is 21.0. The molecule has 0 aromatic heterocycles. The van der Waals surface area contributed by atoms with Crippen molar-refractivity contribution in [3.05, 3.63) is 322 Å². The Kier molecular flexibility index (Phi) is 32.7. The fourth-order valence-electron chi connectivity index (χ4n) is 15.3. The number of nitriles is 7. The minimum Gasteiger partial charge on any atom is -0.508 e. The van der Waals surface area contributed by atoms with Crippen LogP contribution < -0.4 is 14.2 Å². The Labute approximate surface area is 701 Å². The Hall–Kier alpha value is -15.3. The highest BCUT2D eigenvalue weighted by Gasteiger charge is 2.52. The van der Waals surface area contributed by atoms with E-state index >= 15 is 0 Å². The molecule has 0 amide bonds. The molecule has 24 heteroatoms. The standard InChI is InChI=1S/C18H17FN2.C15H15FN2.C15H17FN2.C14H7FN2O.C14H7FN2.C12H11FN2O.C9H5FN2O/c1-21-16-6-15(5-14(10-20)17(16)19)18-7-11-2-12(8-18)4-13(3-11)9-18;1-15(6-4-3-5-7-15)12-8-11(10-17)14(16)13(9-12)18-2;1-5-6-7-15(2,3)12-8-11(10-17)14(16)13(9-12)18-4;1-17-13-8-12(7-10(9-16)14(13)15)18-11-5-3-2-4-6-11;1-17-14-12(10-5-3-2-4-6-10)8-7-11(9-16)13(14)15;1-12(2,3)16-9-5-8(7-14)11(13)10(6-9)15-4;1-12-9-7(13-2)4-3-6(5-11)8(9)10/h5-6,11-13H,2-4,7-9H2;8-9H,3-7H2,1H3;8-9H,5-7H2,1-3H3;2-8H;2-8H;5-6H,1-3H3;3-4H,2H3. The molecular formula is C97H79F7N14O3. The van der Waals surface area contributed by atoms with Crippen molar-refractivity contribution in [3.63, 3.8) is 0 Å². The Morgan fingerprint density at radius 2 is 0.818 bits per heavy atom. The van der Waals surface area contributed by atoms with Crippen molar-refractivity contribution in [2.24, 2.45) is 17.8 Å². The number of hydrogen-bond donors (Lipinski definition) is 0. The van der Waals surface area contributed by atoms with Gasteiger partial charge in [-0.15, -0.1) is 0 Å². The van der Waals surface area contributed by atoms with Crippen molar-refractivity contribution < 1.29 is 44.9 Å². The minimum absolute atomic E-state index is 0.00898. The van der Waals surface area contributed by atoms with Gasteiger partial charge in [0.05, 0.1) is 92.1 Å². The van der Waals surface area contributed by atoms with E-state index in [1.807, 2.05) is 63.2 Å². The summed E-state index contributed by atoms with van der Waals surface area (Å²) < 4.78 is 111. The molecule has 17 nitrogen and oxygen atoms in total. The molecule has 5 aliphatic carbocycles. The van der Waals surface area contributed by atoms with Crippen LogP contribution in [0.2, 0.25) is 0 Å². The minimum atomic E-state index is -0.822. The summed E-state index contributed by atoms with van der Waals surface area (Å²) in [6.07, 6.45) is 16.3. The maximum absolute atomic E-state index is 14.0. The first-order valence-electron chi connectivity index (χ1n) is 38.1. The summed E-state index contributed by atoms with van der Waals surface area (Å²) in [5.74, 6) is -1.53. The predicted molar refractivity (Wildman–Crippen MR) is 443 cm³/mol. The van der Waals surface area contributed by atoms with Gasteiger partial charge in [0.25, 0.3) is 5.69 Å². The second-order valence-corrected chi connectivity index (χ2v) is 30.8. The lowest BCUT2D eigenvalue weighted by Crippen LogP contribution is -2.48. The highest BCUT2D eigenvalue weighted by molar-refractivity contribution is 5.80. The van der Waals surface area contributed by atoms with Gasteiger partial charge in [-0.05, 0) is 215 Å². The van der Waals surface area contributed by atoms with E-state index in [0.717, 1.165) is 104 Å². The lowest BCUT2D eigenvalue weighted by atomic mass is 9.48. The van der Waals surface area contributed by atoms with E-state index in [0.29, 0.717) is 17.1 Å². The zero-order valence-corrected chi connectivity index (χ0v) is 67.6. The number of ether oxygens (including phenoxy) is 3. The summed E-state index contributed by atoms with van der Waals surface area (Å²) >= 11 is 0. The van der Waals surface area contributed by atoms with Gasteiger partial charge in [-0.1, -0.05) is 131 Å². The van der Waals surface area contributed by atoms with E-state index in [2.05, 4.69) is 61.6 Å². The summed E-state index contributed by atoms with van der Waals surface area (Å²) in [6.45, 7) is 62.4. The number of halogens is 7. The molecule has 9 aromatic rings. The van der Waals surface area contributed by atoms with Crippen LogP contribution in [-0.4, -0.2) is 12.7 Å². The van der Waals surface area contributed by atoms with Crippen LogP contribution in [0.3, 0.4) is 0 Å². The molecule has 0 N–H and O–H groups in total. The molecule has 14 rings (SSSR count). The van der Waals surface area contributed by atoms with Crippen LogP contribution in [0.5, 0.6) is 23.0 Å². The molecule has 5 saturated carbocycles. The van der Waals surface area contributed by atoms with Gasteiger partial charge < -0.3 is 14.2 Å². The smallest absolute Gasteiger partial charge is 0.264 e. The number of unbranched alkanes of at least 4 members (excludes halogenated alkanes) is 1. The van der Waals surface area contributed by atoms with E-state index in [4.69, 9.17) is 97.0 Å². The lowest BCUT2D eigenvalue weighted by molar-refractivity contribution is -0.00519.